The Morgan fingerprint density at radius 2 is 1.92 bits per heavy atom. The molecule has 1 heterocycles. The van der Waals surface area contributed by atoms with Gasteiger partial charge in [0.2, 0.25) is 0 Å². The van der Waals surface area contributed by atoms with Crippen molar-refractivity contribution < 1.29 is 19.0 Å². The topological polar surface area (TPSA) is 49.8 Å². The number of hydrogen-bond acceptors (Lipinski definition) is 3. The summed E-state index contributed by atoms with van der Waals surface area (Å²) in [5.74, 6) is -0.0402. The maximum Gasteiger partial charge on any atom is 0.255 e. The van der Waals surface area contributed by atoms with Gasteiger partial charge in [-0.25, -0.2) is 4.39 Å². The first-order valence-electron chi connectivity index (χ1n) is 7.62. The molecule has 3 rings (SSSR count). The molecule has 0 radical (unpaired) electrons. The van der Waals surface area contributed by atoms with Gasteiger partial charge in [-0.05, 0) is 42.3 Å². The minimum Gasteiger partial charge on any atom is -0.506 e. The van der Waals surface area contributed by atoms with Crippen LogP contribution in [-0.4, -0.2) is 18.1 Å². The van der Waals surface area contributed by atoms with Crippen molar-refractivity contribution in [3.63, 3.8) is 0 Å². The van der Waals surface area contributed by atoms with Gasteiger partial charge in [0.25, 0.3) is 5.91 Å². The minimum atomic E-state index is -0.383. The van der Waals surface area contributed by atoms with Crippen LogP contribution in [0.1, 0.15) is 23.6 Å². The third-order valence-electron chi connectivity index (χ3n) is 4.14. The zero-order chi connectivity index (χ0) is 17.3. The molecule has 0 saturated carbocycles. The van der Waals surface area contributed by atoms with E-state index in [-0.39, 0.29) is 23.5 Å². The highest BCUT2D eigenvalue weighted by Gasteiger charge is 2.33. The average Bonchev–Trinajstić information content (AvgIpc) is 2.56. The smallest absolute Gasteiger partial charge is 0.255 e. The molecule has 1 unspecified atom stereocenters. The molecular weight excluding hydrogens is 309 g/mol. The number of ether oxygens (including phenoxy) is 1. The van der Waals surface area contributed by atoms with Crippen molar-refractivity contribution in [1.29, 1.82) is 0 Å². The largest absolute Gasteiger partial charge is 0.506 e. The molecule has 4 nitrogen and oxygen atoms in total. The summed E-state index contributed by atoms with van der Waals surface area (Å²) in [5, 5.41) is 10.3. The zero-order valence-electron chi connectivity index (χ0n) is 13.5. The number of methoxy groups -OCH3 is 1. The highest BCUT2D eigenvalue weighted by Crippen LogP contribution is 2.40. The van der Waals surface area contributed by atoms with Crippen LogP contribution in [0, 0.1) is 12.7 Å². The van der Waals surface area contributed by atoms with Gasteiger partial charge in [-0.3, -0.25) is 9.69 Å². The quantitative estimate of drug-likeness (QED) is 0.931. The fourth-order valence-corrected chi connectivity index (χ4v) is 2.92. The molecule has 5 heteroatoms. The number of anilines is 1. The highest BCUT2D eigenvalue weighted by molar-refractivity contribution is 6.04. The van der Waals surface area contributed by atoms with E-state index in [1.807, 2.05) is 13.0 Å². The number of carbonyl (C=O) groups excluding carboxylic acids is 1. The number of benzene rings is 2. The van der Waals surface area contributed by atoms with Gasteiger partial charge < -0.3 is 9.84 Å². The number of rotatable bonds is 3. The number of aromatic hydroxyl groups is 1. The SMILES string of the molecule is COC1=CC(=O)N(c2ccc(C)cc2O)C(c2ccc(F)cc2)C1. The molecule has 1 aliphatic rings. The van der Waals surface area contributed by atoms with Gasteiger partial charge >= 0.3 is 0 Å². The first kappa shape index (κ1) is 16.1. The Labute approximate surface area is 139 Å². The Kier molecular flexibility index (Phi) is 4.25. The van der Waals surface area contributed by atoms with Crippen molar-refractivity contribution in [2.75, 3.05) is 12.0 Å². The lowest BCUT2D eigenvalue weighted by atomic mass is 9.96. The van der Waals surface area contributed by atoms with Gasteiger partial charge in [0, 0.05) is 12.5 Å². The lowest BCUT2D eigenvalue weighted by molar-refractivity contribution is -0.115. The predicted molar refractivity (Wildman–Crippen MR) is 89.2 cm³/mol. The van der Waals surface area contributed by atoms with E-state index >= 15 is 0 Å². The molecule has 1 atom stereocenters. The summed E-state index contributed by atoms with van der Waals surface area (Å²) in [6.07, 6.45) is 1.86. The van der Waals surface area contributed by atoms with Gasteiger partial charge in [-0.1, -0.05) is 18.2 Å². The molecule has 1 amide bonds. The van der Waals surface area contributed by atoms with Crippen LogP contribution < -0.4 is 4.90 Å². The van der Waals surface area contributed by atoms with Crippen LogP contribution in [0.15, 0.2) is 54.3 Å². The molecule has 0 saturated heterocycles. The molecule has 2 aromatic carbocycles. The average molecular weight is 327 g/mol. The number of phenolic OH excluding ortho intramolecular Hbond substituents is 1. The highest BCUT2D eigenvalue weighted by atomic mass is 19.1. The van der Waals surface area contributed by atoms with Gasteiger partial charge in [0.15, 0.2) is 0 Å². The normalized spacial score (nSPS) is 17.6. The molecular formula is C19H18FNO3. The molecule has 2 aromatic rings. The predicted octanol–water partition coefficient (Wildman–Crippen LogP) is 3.85. The van der Waals surface area contributed by atoms with Crippen LogP contribution in [0.2, 0.25) is 0 Å². The summed E-state index contributed by atoms with van der Waals surface area (Å²) < 4.78 is 18.5. The monoisotopic (exact) mass is 327 g/mol. The van der Waals surface area contributed by atoms with Crippen LogP contribution in [0.3, 0.4) is 0 Å². The van der Waals surface area contributed by atoms with Crippen molar-refractivity contribution in [3.05, 3.63) is 71.2 Å². The molecule has 1 N–H and O–H groups in total. The van der Waals surface area contributed by atoms with Crippen LogP contribution in [0.25, 0.3) is 0 Å². The van der Waals surface area contributed by atoms with E-state index in [2.05, 4.69) is 0 Å². The molecule has 124 valence electrons. The fourth-order valence-electron chi connectivity index (χ4n) is 2.92. The third-order valence-corrected chi connectivity index (χ3v) is 4.14. The first-order chi connectivity index (χ1) is 11.5. The molecule has 0 fully saturated rings. The summed E-state index contributed by atoms with van der Waals surface area (Å²) in [6.45, 7) is 1.86. The Morgan fingerprint density at radius 1 is 1.21 bits per heavy atom. The number of carbonyl (C=O) groups is 1. The molecule has 1 aliphatic heterocycles. The van der Waals surface area contributed by atoms with Crippen LogP contribution in [0.5, 0.6) is 5.75 Å². The van der Waals surface area contributed by atoms with E-state index in [0.717, 1.165) is 11.1 Å². The Bertz CT molecular complexity index is 799. The summed E-state index contributed by atoms with van der Waals surface area (Å²) in [4.78, 5) is 14.2. The third kappa shape index (κ3) is 2.97. The zero-order valence-corrected chi connectivity index (χ0v) is 13.5. The van der Waals surface area contributed by atoms with E-state index in [9.17, 15) is 14.3 Å². The Hall–Kier alpha value is -2.82. The summed E-state index contributed by atoms with van der Waals surface area (Å²) in [7, 11) is 1.51. The van der Waals surface area contributed by atoms with Crippen molar-refractivity contribution >= 4 is 11.6 Å². The maximum atomic E-state index is 13.2. The van der Waals surface area contributed by atoms with E-state index < -0.39 is 0 Å². The van der Waals surface area contributed by atoms with Crippen molar-refractivity contribution in [2.24, 2.45) is 0 Å². The van der Waals surface area contributed by atoms with E-state index in [1.165, 1.54) is 30.2 Å². The van der Waals surface area contributed by atoms with Crippen molar-refractivity contribution in [2.45, 2.75) is 19.4 Å². The summed E-state index contributed by atoms with van der Waals surface area (Å²) in [5.41, 5.74) is 2.09. The Balaban J connectivity index is 2.09. The fraction of sp³-hybridized carbons (Fsp3) is 0.211. The van der Waals surface area contributed by atoms with Crippen LogP contribution in [-0.2, 0) is 9.53 Å². The van der Waals surface area contributed by atoms with Crippen LogP contribution >= 0.6 is 0 Å². The van der Waals surface area contributed by atoms with Crippen LogP contribution in [0.4, 0.5) is 10.1 Å². The second kappa shape index (κ2) is 6.35. The van der Waals surface area contributed by atoms with Crippen molar-refractivity contribution in [1.82, 2.24) is 0 Å². The van der Waals surface area contributed by atoms with Gasteiger partial charge in [-0.2, -0.15) is 0 Å². The van der Waals surface area contributed by atoms with Gasteiger partial charge in [0.1, 0.15) is 17.3 Å². The lowest BCUT2D eigenvalue weighted by Crippen LogP contribution is -2.37. The van der Waals surface area contributed by atoms with Gasteiger partial charge in [0.05, 0.1) is 18.8 Å². The molecule has 0 aliphatic carbocycles. The van der Waals surface area contributed by atoms with Gasteiger partial charge in [-0.15, -0.1) is 0 Å². The summed E-state index contributed by atoms with van der Waals surface area (Å²) >= 11 is 0. The van der Waals surface area contributed by atoms with Crippen molar-refractivity contribution in [3.8, 4) is 5.75 Å². The minimum absolute atomic E-state index is 0.0322. The van der Waals surface area contributed by atoms with E-state index in [0.29, 0.717) is 17.9 Å². The molecule has 0 bridgehead atoms. The molecule has 0 aromatic heterocycles. The van der Waals surface area contributed by atoms with E-state index in [1.54, 1.807) is 24.3 Å². The second-order valence-electron chi connectivity index (χ2n) is 5.79. The van der Waals surface area contributed by atoms with E-state index in [4.69, 9.17) is 4.74 Å². The second-order valence-corrected chi connectivity index (χ2v) is 5.79. The molecule has 0 spiro atoms. The lowest BCUT2D eigenvalue weighted by Gasteiger charge is -2.35. The first-order valence-corrected chi connectivity index (χ1v) is 7.62. The Morgan fingerprint density at radius 3 is 2.54 bits per heavy atom. The number of aryl methyl sites for hydroxylation is 1. The number of halogens is 1. The summed E-state index contributed by atoms with van der Waals surface area (Å²) in [6, 6.07) is 10.8. The number of hydrogen-bond donors (Lipinski definition) is 1. The number of amides is 1. The number of phenols is 1. The molecule has 24 heavy (non-hydrogen) atoms. The maximum absolute atomic E-state index is 13.2. The number of nitrogens with zero attached hydrogens (tertiary/aromatic N) is 1. The standard InChI is InChI=1S/C19H18FNO3/c1-12-3-8-16(18(22)9-12)21-17(10-15(24-2)11-19(21)23)13-4-6-14(20)7-5-13/h3-9,11,17,22H,10H2,1-2H3.